The van der Waals surface area contributed by atoms with Crippen molar-refractivity contribution in [2.24, 2.45) is 5.92 Å². The number of phenols is 1. The zero-order chi connectivity index (χ0) is 11.5. The Kier molecular flexibility index (Phi) is 3.13. The van der Waals surface area contributed by atoms with Crippen LogP contribution in [0.25, 0.3) is 0 Å². The maximum absolute atomic E-state index is 11.9. The van der Waals surface area contributed by atoms with Crippen molar-refractivity contribution in [3.05, 3.63) is 24.3 Å². The molecule has 3 heteroatoms. The summed E-state index contributed by atoms with van der Waals surface area (Å²) in [4.78, 5) is 13.5. The predicted octanol–water partition coefficient (Wildman–Crippen LogP) is 2.55. The molecule has 0 radical (unpaired) electrons. The van der Waals surface area contributed by atoms with Crippen LogP contribution >= 0.6 is 0 Å². The summed E-state index contributed by atoms with van der Waals surface area (Å²) in [6.07, 6.45) is 4.25. The van der Waals surface area contributed by atoms with Crippen molar-refractivity contribution in [1.82, 2.24) is 0 Å². The van der Waals surface area contributed by atoms with E-state index >= 15 is 0 Å². The summed E-state index contributed by atoms with van der Waals surface area (Å²) in [6, 6.07) is 6.79. The number of hydrogen-bond donors (Lipinski definition) is 1. The fourth-order valence-corrected chi connectivity index (χ4v) is 1.93. The van der Waals surface area contributed by atoms with E-state index in [-0.39, 0.29) is 11.7 Å². The zero-order valence-electron chi connectivity index (χ0n) is 9.52. The molecule has 0 unspecified atom stereocenters. The molecule has 0 heterocycles. The molecule has 0 bridgehead atoms. The quantitative estimate of drug-likeness (QED) is 0.848. The minimum absolute atomic E-state index is 0.135. The normalized spacial score (nSPS) is 15.6. The highest BCUT2D eigenvalue weighted by Gasteiger charge is 2.22. The van der Waals surface area contributed by atoms with Gasteiger partial charge in [0.05, 0.1) is 0 Å². The third kappa shape index (κ3) is 2.35. The number of phenolic OH excluding ortho intramolecular Hbond substituents is 1. The van der Waals surface area contributed by atoms with Gasteiger partial charge in [0.2, 0.25) is 5.91 Å². The van der Waals surface area contributed by atoms with Crippen LogP contribution in [0.15, 0.2) is 24.3 Å². The Morgan fingerprint density at radius 2 is 2.25 bits per heavy atom. The van der Waals surface area contributed by atoms with Crippen LogP contribution in [0, 0.1) is 5.92 Å². The minimum atomic E-state index is 0.135. The molecule has 1 aliphatic carbocycles. The summed E-state index contributed by atoms with van der Waals surface area (Å²) >= 11 is 0. The lowest BCUT2D eigenvalue weighted by Crippen LogP contribution is -2.29. The molecule has 86 valence electrons. The van der Waals surface area contributed by atoms with E-state index in [1.54, 1.807) is 30.1 Å². The number of hydrogen-bond acceptors (Lipinski definition) is 2. The van der Waals surface area contributed by atoms with E-state index in [1.807, 2.05) is 6.07 Å². The van der Waals surface area contributed by atoms with Gasteiger partial charge in [0.1, 0.15) is 5.75 Å². The number of carbonyl (C=O) groups excluding carboxylic acids is 1. The molecule has 0 aliphatic heterocycles. The standard InChI is InChI=1S/C13H17NO2/c1-14(11-6-3-7-12(15)9-11)13(16)8-10-4-2-5-10/h3,6-7,9-10,15H,2,4-5,8H2,1H3. The van der Waals surface area contributed by atoms with E-state index in [4.69, 9.17) is 0 Å². The first kappa shape index (κ1) is 11.0. The molecule has 0 spiro atoms. The van der Waals surface area contributed by atoms with Crippen LogP contribution < -0.4 is 4.90 Å². The highest BCUT2D eigenvalue weighted by Crippen LogP contribution is 2.30. The van der Waals surface area contributed by atoms with Crippen molar-refractivity contribution in [3.8, 4) is 5.75 Å². The van der Waals surface area contributed by atoms with Crippen LogP contribution in [0.3, 0.4) is 0 Å². The van der Waals surface area contributed by atoms with E-state index in [0.717, 1.165) is 5.69 Å². The van der Waals surface area contributed by atoms with Gasteiger partial charge in [0.25, 0.3) is 0 Å². The Morgan fingerprint density at radius 3 is 2.81 bits per heavy atom. The highest BCUT2D eigenvalue weighted by atomic mass is 16.3. The average molecular weight is 219 g/mol. The summed E-state index contributed by atoms with van der Waals surface area (Å²) in [5.41, 5.74) is 0.754. The van der Waals surface area contributed by atoms with Crippen LogP contribution in [0.5, 0.6) is 5.75 Å². The molecule has 0 saturated heterocycles. The highest BCUT2D eigenvalue weighted by molar-refractivity contribution is 5.93. The second-order valence-corrected chi connectivity index (χ2v) is 4.47. The molecule has 1 aromatic rings. The van der Waals surface area contributed by atoms with Gasteiger partial charge in [0.15, 0.2) is 0 Å². The maximum atomic E-state index is 11.9. The molecule has 3 nitrogen and oxygen atoms in total. The van der Waals surface area contributed by atoms with Gasteiger partial charge >= 0.3 is 0 Å². The molecule has 2 rings (SSSR count). The van der Waals surface area contributed by atoms with Gasteiger partial charge in [-0.05, 0) is 30.9 Å². The van der Waals surface area contributed by atoms with Gasteiger partial charge in [-0.25, -0.2) is 0 Å². The number of amides is 1. The molecule has 0 atom stereocenters. The second kappa shape index (κ2) is 4.56. The van der Waals surface area contributed by atoms with Gasteiger partial charge in [-0.1, -0.05) is 12.5 Å². The van der Waals surface area contributed by atoms with Gasteiger partial charge in [-0.3, -0.25) is 4.79 Å². The molecule has 1 amide bonds. The van der Waals surface area contributed by atoms with Crippen LogP contribution in [-0.4, -0.2) is 18.1 Å². The van der Waals surface area contributed by atoms with Gasteiger partial charge in [0, 0.05) is 25.2 Å². The number of aromatic hydroxyl groups is 1. The van der Waals surface area contributed by atoms with Crippen molar-refractivity contribution in [1.29, 1.82) is 0 Å². The monoisotopic (exact) mass is 219 g/mol. The molecule has 0 aromatic heterocycles. The van der Waals surface area contributed by atoms with E-state index in [1.165, 1.54) is 19.3 Å². The first-order valence-electron chi connectivity index (χ1n) is 5.72. The largest absolute Gasteiger partial charge is 0.508 e. The maximum Gasteiger partial charge on any atom is 0.226 e. The lowest BCUT2D eigenvalue weighted by atomic mass is 9.83. The fraction of sp³-hybridized carbons (Fsp3) is 0.462. The summed E-state index contributed by atoms with van der Waals surface area (Å²) in [6.45, 7) is 0. The summed E-state index contributed by atoms with van der Waals surface area (Å²) in [5.74, 6) is 0.906. The predicted molar refractivity (Wildman–Crippen MR) is 63.5 cm³/mol. The Hall–Kier alpha value is -1.51. The van der Waals surface area contributed by atoms with Crippen LogP contribution in [-0.2, 0) is 4.79 Å². The van der Waals surface area contributed by atoms with Crippen molar-refractivity contribution >= 4 is 11.6 Å². The van der Waals surface area contributed by atoms with E-state index in [0.29, 0.717) is 12.3 Å². The lowest BCUT2D eigenvalue weighted by Gasteiger charge is -2.27. The molecule has 1 aliphatic rings. The average Bonchev–Trinajstić information content (AvgIpc) is 2.22. The fourth-order valence-electron chi connectivity index (χ4n) is 1.93. The first-order valence-corrected chi connectivity index (χ1v) is 5.72. The zero-order valence-corrected chi connectivity index (χ0v) is 9.52. The van der Waals surface area contributed by atoms with Crippen molar-refractivity contribution in [3.63, 3.8) is 0 Å². The van der Waals surface area contributed by atoms with Gasteiger partial charge < -0.3 is 10.0 Å². The number of carbonyl (C=O) groups is 1. The molecule has 1 N–H and O–H groups in total. The van der Waals surface area contributed by atoms with Crippen molar-refractivity contribution < 1.29 is 9.90 Å². The third-order valence-electron chi connectivity index (χ3n) is 3.28. The molecule has 16 heavy (non-hydrogen) atoms. The lowest BCUT2D eigenvalue weighted by molar-refractivity contribution is -0.119. The van der Waals surface area contributed by atoms with Gasteiger partial charge in [-0.2, -0.15) is 0 Å². The Balaban J connectivity index is 2.00. The van der Waals surface area contributed by atoms with E-state index in [9.17, 15) is 9.90 Å². The topological polar surface area (TPSA) is 40.5 Å². The smallest absolute Gasteiger partial charge is 0.226 e. The van der Waals surface area contributed by atoms with Crippen LogP contribution in [0.1, 0.15) is 25.7 Å². The Bertz CT molecular complexity index is 385. The molecule has 1 saturated carbocycles. The summed E-state index contributed by atoms with van der Waals surface area (Å²) in [5, 5.41) is 9.34. The molecule has 1 fully saturated rings. The van der Waals surface area contributed by atoms with Crippen molar-refractivity contribution in [2.75, 3.05) is 11.9 Å². The van der Waals surface area contributed by atoms with E-state index in [2.05, 4.69) is 0 Å². The number of anilines is 1. The number of benzene rings is 1. The minimum Gasteiger partial charge on any atom is -0.508 e. The van der Waals surface area contributed by atoms with Crippen molar-refractivity contribution in [2.45, 2.75) is 25.7 Å². The summed E-state index contributed by atoms with van der Waals surface area (Å²) < 4.78 is 0. The Morgan fingerprint density at radius 1 is 1.50 bits per heavy atom. The molecular weight excluding hydrogens is 202 g/mol. The second-order valence-electron chi connectivity index (χ2n) is 4.47. The van der Waals surface area contributed by atoms with Crippen LogP contribution in [0.4, 0.5) is 5.69 Å². The third-order valence-corrected chi connectivity index (χ3v) is 3.28. The summed E-state index contributed by atoms with van der Waals surface area (Å²) in [7, 11) is 1.76. The first-order chi connectivity index (χ1) is 7.66. The number of rotatable bonds is 3. The molecular formula is C13H17NO2. The molecule has 1 aromatic carbocycles. The SMILES string of the molecule is CN(C(=O)CC1CCC1)c1cccc(O)c1. The van der Waals surface area contributed by atoms with Crippen LogP contribution in [0.2, 0.25) is 0 Å². The Labute approximate surface area is 95.7 Å². The van der Waals surface area contributed by atoms with Gasteiger partial charge in [-0.15, -0.1) is 0 Å². The van der Waals surface area contributed by atoms with E-state index < -0.39 is 0 Å². The number of nitrogens with zero attached hydrogens (tertiary/aromatic N) is 1.